The van der Waals surface area contributed by atoms with Gasteiger partial charge in [0.2, 0.25) is 0 Å². The number of hydrogen-bond donors (Lipinski definition) is 1. The first-order valence-electron chi connectivity index (χ1n) is 12.0. The molecule has 0 saturated carbocycles. The molecule has 2 unspecified atom stereocenters. The van der Waals surface area contributed by atoms with E-state index in [2.05, 4.69) is 39.8 Å². The van der Waals surface area contributed by atoms with Gasteiger partial charge in [-0.15, -0.1) is 0 Å². The maximum Gasteiger partial charge on any atom is 0.335 e. The van der Waals surface area contributed by atoms with Gasteiger partial charge in [-0.1, -0.05) is 60.6 Å². The van der Waals surface area contributed by atoms with Crippen LogP contribution in [0.2, 0.25) is 0 Å². The summed E-state index contributed by atoms with van der Waals surface area (Å²) in [6.45, 7) is 14.3. The van der Waals surface area contributed by atoms with Gasteiger partial charge in [0.05, 0.1) is 5.56 Å². The number of aromatic carboxylic acids is 1. The van der Waals surface area contributed by atoms with Crippen molar-refractivity contribution in [3.05, 3.63) is 64.9 Å². The molecule has 3 rings (SSSR count). The van der Waals surface area contributed by atoms with Crippen LogP contribution in [0.25, 0.3) is 11.0 Å². The summed E-state index contributed by atoms with van der Waals surface area (Å²) in [6.07, 6.45) is 0.877. The number of ether oxygens (including phenoxy) is 1. The fraction of sp³-hybridized carbons (Fsp3) is 0.448. The molecule has 0 aliphatic carbocycles. The topological polar surface area (TPSA) is 76.7 Å². The van der Waals surface area contributed by atoms with Crippen LogP contribution in [0.3, 0.4) is 0 Å². The molecule has 0 bridgehead atoms. The minimum absolute atomic E-state index is 0.0625. The molecule has 5 nitrogen and oxygen atoms in total. The molecule has 2 aromatic carbocycles. The first-order chi connectivity index (χ1) is 15.9. The van der Waals surface area contributed by atoms with Gasteiger partial charge in [0.25, 0.3) is 0 Å². The number of hydrogen-bond acceptors (Lipinski definition) is 4. The van der Waals surface area contributed by atoms with Crippen LogP contribution in [0, 0.1) is 5.41 Å². The zero-order chi connectivity index (χ0) is 25.2. The maximum atomic E-state index is 12.3. The third-order valence-electron chi connectivity index (χ3n) is 6.57. The smallest absolute Gasteiger partial charge is 0.335 e. The van der Waals surface area contributed by atoms with Crippen molar-refractivity contribution in [1.29, 1.82) is 0 Å². The predicted octanol–water partition coefficient (Wildman–Crippen LogP) is 7.55. The summed E-state index contributed by atoms with van der Waals surface area (Å²) >= 11 is 0. The number of carbonyl (C=O) groups excluding carboxylic acids is 1. The standard InChI is InChI=1S/C29H36O5/c1-8-22(26-15-21-13-20(28(31)32)10-11-24(21)34-26)18(4)19-9-12-25(23(14-19)17(2)3)33-16-27(30)29(5,6)7/h9-15,17-18,22H,8,16H2,1-7H3,(H,31,32). The minimum atomic E-state index is -0.946. The molecule has 182 valence electrons. The highest BCUT2D eigenvalue weighted by Crippen LogP contribution is 2.40. The van der Waals surface area contributed by atoms with Crippen molar-refractivity contribution >= 4 is 22.7 Å². The van der Waals surface area contributed by atoms with E-state index in [1.54, 1.807) is 18.2 Å². The SMILES string of the molecule is CCC(c1cc2cc(C(=O)O)ccc2o1)C(C)c1ccc(OCC(=O)C(C)(C)C)c(C(C)C)c1. The maximum absolute atomic E-state index is 12.3. The number of ketones is 1. The first kappa shape index (κ1) is 25.5. The molecule has 0 amide bonds. The average Bonchev–Trinajstić information content (AvgIpc) is 3.19. The molecule has 0 aliphatic heterocycles. The van der Waals surface area contributed by atoms with Crippen molar-refractivity contribution < 1.29 is 23.8 Å². The molecule has 1 N–H and O–H groups in total. The molecular formula is C29H36O5. The summed E-state index contributed by atoms with van der Waals surface area (Å²) in [5, 5.41) is 10.1. The van der Waals surface area contributed by atoms with Crippen LogP contribution in [-0.2, 0) is 4.79 Å². The quantitative estimate of drug-likeness (QED) is 0.354. The lowest BCUT2D eigenvalue weighted by Gasteiger charge is -2.24. The molecule has 1 aromatic heterocycles. The van der Waals surface area contributed by atoms with Crippen LogP contribution in [0.15, 0.2) is 46.9 Å². The lowest BCUT2D eigenvalue weighted by atomic mass is 9.82. The number of carbonyl (C=O) groups is 2. The Balaban J connectivity index is 1.89. The largest absolute Gasteiger partial charge is 0.486 e. The second kappa shape index (κ2) is 10.0. The Labute approximate surface area is 202 Å². The molecular weight excluding hydrogens is 428 g/mol. The molecule has 0 saturated heterocycles. The third-order valence-corrected chi connectivity index (χ3v) is 6.57. The molecule has 0 aliphatic rings. The Morgan fingerprint density at radius 1 is 1.03 bits per heavy atom. The second-order valence-electron chi connectivity index (χ2n) is 10.4. The van der Waals surface area contributed by atoms with Gasteiger partial charge in [-0.25, -0.2) is 4.79 Å². The second-order valence-corrected chi connectivity index (χ2v) is 10.4. The van der Waals surface area contributed by atoms with E-state index in [4.69, 9.17) is 9.15 Å². The Morgan fingerprint density at radius 3 is 2.32 bits per heavy atom. The molecule has 2 atom stereocenters. The van der Waals surface area contributed by atoms with Crippen molar-refractivity contribution in [1.82, 2.24) is 0 Å². The predicted molar refractivity (Wildman–Crippen MR) is 135 cm³/mol. The Morgan fingerprint density at radius 2 is 1.74 bits per heavy atom. The Hall–Kier alpha value is -3.08. The molecule has 1 heterocycles. The molecule has 34 heavy (non-hydrogen) atoms. The summed E-state index contributed by atoms with van der Waals surface area (Å²) in [4.78, 5) is 23.7. The summed E-state index contributed by atoms with van der Waals surface area (Å²) < 4.78 is 12.1. The summed E-state index contributed by atoms with van der Waals surface area (Å²) in [7, 11) is 0. The lowest BCUT2D eigenvalue weighted by molar-refractivity contribution is -0.128. The van der Waals surface area contributed by atoms with Gasteiger partial charge in [0, 0.05) is 16.7 Å². The number of rotatable bonds is 9. The van der Waals surface area contributed by atoms with E-state index in [1.165, 1.54) is 5.56 Å². The summed E-state index contributed by atoms with van der Waals surface area (Å²) in [6, 6.07) is 13.1. The van der Waals surface area contributed by atoms with E-state index in [0.717, 1.165) is 28.9 Å². The number of benzene rings is 2. The zero-order valence-corrected chi connectivity index (χ0v) is 21.3. The van der Waals surface area contributed by atoms with Crippen LogP contribution in [0.4, 0.5) is 0 Å². The van der Waals surface area contributed by atoms with E-state index in [-0.39, 0.29) is 35.7 Å². The van der Waals surface area contributed by atoms with Gasteiger partial charge in [0.1, 0.15) is 23.7 Å². The van der Waals surface area contributed by atoms with Crippen molar-refractivity contribution in [3.8, 4) is 5.75 Å². The van der Waals surface area contributed by atoms with E-state index >= 15 is 0 Å². The summed E-state index contributed by atoms with van der Waals surface area (Å²) in [5.41, 5.74) is 2.77. The van der Waals surface area contributed by atoms with Gasteiger partial charge < -0.3 is 14.3 Å². The fourth-order valence-corrected chi connectivity index (χ4v) is 4.21. The average molecular weight is 465 g/mol. The van der Waals surface area contributed by atoms with Crippen molar-refractivity contribution in [2.45, 2.75) is 72.6 Å². The van der Waals surface area contributed by atoms with Gasteiger partial charge >= 0.3 is 5.97 Å². The number of carboxylic acids is 1. The van der Waals surface area contributed by atoms with E-state index in [0.29, 0.717) is 5.58 Å². The zero-order valence-electron chi connectivity index (χ0n) is 21.3. The number of furan rings is 1. The highest BCUT2D eigenvalue weighted by atomic mass is 16.5. The fourth-order valence-electron chi connectivity index (χ4n) is 4.21. The lowest BCUT2D eigenvalue weighted by Crippen LogP contribution is -2.26. The Bertz CT molecular complexity index is 1180. The normalized spacial score (nSPS) is 13.8. The summed E-state index contributed by atoms with van der Waals surface area (Å²) in [5.74, 6) is 1.28. The monoisotopic (exact) mass is 464 g/mol. The molecule has 0 radical (unpaired) electrons. The highest BCUT2D eigenvalue weighted by molar-refractivity contribution is 5.93. The van der Waals surface area contributed by atoms with Gasteiger partial charge in [-0.3, -0.25) is 4.79 Å². The van der Waals surface area contributed by atoms with E-state index < -0.39 is 11.4 Å². The van der Waals surface area contributed by atoms with Crippen LogP contribution >= 0.6 is 0 Å². The van der Waals surface area contributed by atoms with Gasteiger partial charge in [0.15, 0.2) is 5.78 Å². The van der Waals surface area contributed by atoms with E-state index in [1.807, 2.05) is 32.9 Å². The molecule has 0 fully saturated rings. The number of fused-ring (bicyclic) bond motifs is 1. The number of Topliss-reactive ketones (excluding diaryl/α,β-unsaturated/α-hetero) is 1. The van der Waals surface area contributed by atoms with Crippen molar-refractivity contribution in [2.75, 3.05) is 6.61 Å². The van der Waals surface area contributed by atoms with Crippen LogP contribution in [0.5, 0.6) is 5.75 Å². The first-order valence-corrected chi connectivity index (χ1v) is 12.0. The van der Waals surface area contributed by atoms with Crippen LogP contribution in [0.1, 0.15) is 99.9 Å². The number of carboxylic acid groups (broad SMARTS) is 1. The van der Waals surface area contributed by atoms with Crippen LogP contribution < -0.4 is 4.74 Å². The van der Waals surface area contributed by atoms with Crippen molar-refractivity contribution in [2.24, 2.45) is 5.41 Å². The molecule has 3 aromatic rings. The Kier molecular flexibility index (Phi) is 7.54. The highest BCUT2D eigenvalue weighted by Gasteiger charge is 2.25. The van der Waals surface area contributed by atoms with Gasteiger partial charge in [-0.05, 0) is 59.7 Å². The van der Waals surface area contributed by atoms with Crippen molar-refractivity contribution in [3.63, 3.8) is 0 Å². The third kappa shape index (κ3) is 5.52. The minimum Gasteiger partial charge on any atom is -0.486 e. The van der Waals surface area contributed by atoms with Gasteiger partial charge in [-0.2, -0.15) is 0 Å². The van der Waals surface area contributed by atoms with E-state index in [9.17, 15) is 14.7 Å². The molecule has 0 spiro atoms. The van der Waals surface area contributed by atoms with Crippen LogP contribution in [-0.4, -0.2) is 23.5 Å². The molecule has 5 heteroatoms.